The molecule has 0 unspecified atom stereocenters. The summed E-state index contributed by atoms with van der Waals surface area (Å²) in [5.41, 5.74) is 2.64. The van der Waals surface area contributed by atoms with Gasteiger partial charge in [0.2, 0.25) is 0 Å². The number of hydrazine groups is 1. The number of nitrogen functional groups attached to an aromatic ring is 1. The minimum atomic E-state index is -4.12. The molecular weight excluding hydrogens is 254 g/mol. The molecule has 0 aliphatic carbocycles. The van der Waals surface area contributed by atoms with Gasteiger partial charge in [-0.25, -0.2) is 24.6 Å². The average Bonchev–Trinajstić information content (AvgIpc) is 2.29. The van der Waals surface area contributed by atoms with Gasteiger partial charge < -0.3 is 10.7 Å². The van der Waals surface area contributed by atoms with Gasteiger partial charge in [-0.3, -0.25) is 0 Å². The van der Waals surface area contributed by atoms with E-state index in [1.807, 2.05) is 0 Å². The molecule has 0 radical (unpaired) electrons. The lowest BCUT2D eigenvalue weighted by molar-refractivity contribution is -0.117. The fraction of sp³-hybridized carbons (Fsp3) is 0.556. The Morgan fingerprint density at radius 3 is 2.28 bits per heavy atom. The van der Waals surface area contributed by atoms with E-state index in [4.69, 9.17) is 5.84 Å². The number of nitrogens with one attached hydrogen (secondary N) is 2. The van der Waals surface area contributed by atoms with Gasteiger partial charge >= 0.3 is 12.3 Å². The molecule has 0 bridgehead atoms. The van der Waals surface area contributed by atoms with Crippen LogP contribution in [-0.4, -0.2) is 28.9 Å². The molecule has 1 rings (SSSR count). The SMILES string of the molecule is Cc1nc(NN)c(C)c(NCC(F)(F)C(F)F)n1. The number of hydrogen-bond donors (Lipinski definition) is 3. The summed E-state index contributed by atoms with van der Waals surface area (Å²) in [4.78, 5) is 7.76. The number of aromatic nitrogens is 2. The maximum absolute atomic E-state index is 12.8. The summed E-state index contributed by atoms with van der Waals surface area (Å²) in [5.74, 6) is 1.61. The van der Waals surface area contributed by atoms with E-state index in [-0.39, 0.29) is 17.5 Å². The highest BCUT2D eigenvalue weighted by Gasteiger charge is 2.40. The minimum Gasteiger partial charge on any atom is -0.363 e. The maximum atomic E-state index is 12.8. The summed E-state index contributed by atoms with van der Waals surface area (Å²) >= 11 is 0. The molecule has 0 spiro atoms. The van der Waals surface area contributed by atoms with Gasteiger partial charge in [-0.05, 0) is 13.8 Å². The van der Waals surface area contributed by atoms with Crippen molar-refractivity contribution in [2.75, 3.05) is 17.3 Å². The van der Waals surface area contributed by atoms with Crippen LogP contribution in [0.2, 0.25) is 0 Å². The standard InChI is InChI=1S/C9H13F4N5/c1-4-6(15-3-9(12,13)8(10)11)16-5(2)17-7(4)18-14/h8H,3,14H2,1-2H3,(H2,15,16,17,18). The smallest absolute Gasteiger partial charge is 0.324 e. The number of nitrogens with zero attached hydrogens (tertiary/aromatic N) is 2. The van der Waals surface area contributed by atoms with Gasteiger partial charge in [-0.1, -0.05) is 0 Å². The van der Waals surface area contributed by atoms with Crippen molar-refractivity contribution in [2.24, 2.45) is 5.84 Å². The summed E-state index contributed by atoms with van der Waals surface area (Å²) in [6.45, 7) is 1.83. The van der Waals surface area contributed by atoms with E-state index in [2.05, 4.69) is 20.7 Å². The van der Waals surface area contributed by atoms with Crippen molar-refractivity contribution >= 4 is 11.6 Å². The van der Waals surface area contributed by atoms with Gasteiger partial charge in [-0.15, -0.1) is 0 Å². The number of aryl methyl sites for hydroxylation is 1. The van der Waals surface area contributed by atoms with E-state index in [1.54, 1.807) is 0 Å². The maximum Gasteiger partial charge on any atom is 0.324 e. The largest absolute Gasteiger partial charge is 0.363 e. The first-order valence-electron chi connectivity index (χ1n) is 4.99. The van der Waals surface area contributed by atoms with Crippen molar-refractivity contribution in [2.45, 2.75) is 26.2 Å². The summed E-state index contributed by atoms with van der Waals surface area (Å²) in [6, 6.07) is 0. The monoisotopic (exact) mass is 267 g/mol. The van der Waals surface area contributed by atoms with E-state index in [0.29, 0.717) is 5.56 Å². The zero-order valence-corrected chi connectivity index (χ0v) is 9.77. The van der Waals surface area contributed by atoms with Crippen LogP contribution in [0.15, 0.2) is 0 Å². The topological polar surface area (TPSA) is 75.9 Å². The second-order valence-electron chi connectivity index (χ2n) is 3.65. The third kappa shape index (κ3) is 3.19. The van der Waals surface area contributed by atoms with Gasteiger partial charge in [0.15, 0.2) is 0 Å². The molecular formula is C9H13F4N5. The third-order valence-electron chi connectivity index (χ3n) is 2.21. The zero-order valence-electron chi connectivity index (χ0n) is 9.77. The van der Waals surface area contributed by atoms with Crippen LogP contribution in [0.4, 0.5) is 29.2 Å². The quantitative estimate of drug-likeness (QED) is 0.430. The van der Waals surface area contributed by atoms with Gasteiger partial charge in [0, 0.05) is 5.56 Å². The Labute approximate surface area is 101 Å². The molecule has 4 N–H and O–H groups in total. The average molecular weight is 267 g/mol. The molecule has 0 atom stereocenters. The second-order valence-corrected chi connectivity index (χ2v) is 3.65. The molecule has 1 heterocycles. The molecule has 0 saturated carbocycles. The molecule has 0 fully saturated rings. The Morgan fingerprint density at radius 1 is 1.22 bits per heavy atom. The van der Waals surface area contributed by atoms with Crippen molar-refractivity contribution < 1.29 is 17.6 Å². The predicted octanol–water partition coefficient (Wildman–Crippen LogP) is 1.69. The van der Waals surface area contributed by atoms with Crippen molar-refractivity contribution in [3.63, 3.8) is 0 Å². The molecule has 18 heavy (non-hydrogen) atoms. The van der Waals surface area contributed by atoms with Crippen LogP contribution in [0.5, 0.6) is 0 Å². The highest BCUT2D eigenvalue weighted by Crippen LogP contribution is 2.25. The molecule has 0 amide bonds. The first-order chi connectivity index (χ1) is 8.27. The Bertz CT molecular complexity index is 424. The highest BCUT2D eigenvalue weighted by molar-refractivity contribution is 5.56. The molecule has 0 aromatic carbocycles. The molecule has 0 saturated heterocycles. The fourth-order valence-electron chi connectivity index (χ4n) is 1.22. The number of rotatable bonds is 5. The van der Waals surface area contributed by atoms with Gasteiger partial charge in [-0.2, -0.15) is 8.78 Å². The van der Waals surface area contributed by atoms with E-state index < -0.39 is 18.9 Å². The number of alkyl halides is 4. The van der Waals surface area contributed by atoms with Gasteiger partial charge in [0.05, 0.1) is 6.54 Å². The van der Waals surface area contributed by atoms with Crippen molar-refractivity contribution in [1.29, 1.82) is 0 Å². The molecule has 5 nitrogen and oxygen atoms in total. The Balaban J connectivity index is 2.89. The van der Waals surface area contributed by atoms with E-state index in [1.165, 1.54) is 13.8 Å². The fourth-order valence-corrected chi connectivity index (χ4v) is 1.22. The van der Waals surface area contributed by atoms with Crippen molar-refractivity contribution in [3.8, 4) is 0 Å². The Kier molecular flexibility index (Phi) is 4.28. The van der Waals surface area contributed by atoms with E-state index >= 15 is 0 Å². The van der Waals surface area contributed by atoms with Crippen LogP contribution in [0.3, 0.4) is 0 Å². The molecule has 1 aromatic rings. The van der Waals surface area contributed by atoms with Gasteiger partial charge in [0.25, 0.3) is 0 Å². The number of hydrogen-bond acceptors (Lipinski definition) is 5. The first-order valence-corrected chi connectivity index (χ1v) is 4.99. The number of nitrogens with two attached hydrogens (primary N) is 1. The second kappa shape index (κ2) is 5.34. The van der Waals surface area contributed by atoms with Crippen molar-refractivity contribution in [3.05, 3.63) is 11.4 Å². The normalized spacial score (nSPS) is 11.8. The third-order valence-corrected chi connectivity index (χ3v) is 2.21. The van der Waals surface area contributed by atoms with Crippen LogP contribution < -0.4 is 16.6 Å². The van der Waals surface area contributed by atoms with Crippen LogP contribution in [0, 0.1) is 13.8 Å². The highest BCUT2D eigenvalue weighted by atomic mass is 19.3. The predicted molar refractivity (Wildman–Crippen MR) is 58.8 cm³/mol. The number of anilines is 2. The van der Waals surface area contributed by atoms with Gasteiger partial charge in [0.1, 0.15) is 17.5 Å². The minimum absolute atomic E-state index is 0.0378. The number of halogens is 4. The lowest BCUT2D eigenvalue weighted by Gasteiger charge is -2.18. The van der Waals surface area contributed by atoms with E-state index in [0.717, 1.165) is 0 Å². The lowest BCUT2D eigenvalue weighted by atomic mass is 10.3. The molecule has 1 aromatic heterocycles. The van der Waals surface area contributed by atoms with Crippen LogP contribution in [0.25, 0.3) is 0 Å². The Morgan fingerprint density at radius 2 is 1.78 bits per heavy atom. The molecule has 0 aliphatic heterocycles. The van der Waals surface area contributed by atoms with Crippen LogP contribution in [0.1, 0.15) is 11.4 Å². The molecule has 0 aliphatic rings. The Hall–Kier alpha value is -1.64. The van der Waals surface area contributed by atoms with E-state index in [9.17, 15) is 17.6 Å². The van der Waals surface area contributed by atoms with Crippen LogP contribution >= 0.6 is 0 Å². The van der Waals surface area contributed by atoms with Crippen molar-refractivity contribution in [1.82, 2.24) is 9.97 Å². The van der Waals surface area contributed by atoms with Crippen LogP contribution in [-0.2, 0) is 0 Å². The summed E-state index contributed by atoms with van der Waals surface area (Å²) in [5, 5.41) is 2.17. The first kappa shape index (κ1) is 14.4. The summed E-state index contributed by atoms with van der Waals surface area (Å²) in [7, 11) is 0. The summed E-state index contributed by atoms with van der Waals surface area (Å²) in [6.07, 6.45) is -3.74. The lowest BCUT2D eigenvalue weighted by Crippen LogP contribution is -2.35. The molecule has 9 heteroatoms. The zero-order chi connectivity index (χ0) is 13.9. The summed E-state index contributed by atoms with van der Waals surface area (Å²) < 4.78 is 49.5. The molecule has 102 valence electrons.